The van der Waals surface area contributed by atoms with Crippen LogP contribution in [-0.4, -0.2) is 54.4 Å². The number of benzene rings is 1. The van der Waals surface area contributed by atoms with Gasteiger partial charge in [-0.2, -0.15) is 8.42 Å². The van der Waals surface area contributed by atoms with Crippen molar-refractivity contribution in [3.63, 3.8) is 0 Å². The topological polar surface area (TPSA) is 113 Å². The van der Waals surface area contributed by atoms with Gasteiger partial charge in [0.1, 0.15) is 18.3 Å². The van der Waals surface area contributed by atoms with Crippen molar-refractivity contribution in [2.45, 2.75) is 49.4 Å². The first kappa shape index (κ1) is 16.3. The van der Waals surface area contributed by atoms with Crippen LogP contribution in [0.2, 0.25) is 0 Å². The minimum atomic E-state index is -4.12. The van der Waals surface area contributed by atoms with Crippen LogP contribution in [0.15, 0.2) is 29.2 Å². The van der Waals surface area contributed by atoms with Crippen molar-refractivity contribution in [3.05, 3.63) is 29.8 Å². The van der Waals surface area contributed by atoms with Crippen molar-refractivity contribution < 1.29 is 32.7 Å². The van der Waals surface area contributed by atoms with Crippen LogP contribution in [0.3, 0.4) is 0 Å². The summed E-state index contributed by atoms with van der Waals surface area (Å²) < 4.78 is 34.2. The van der Waals surface area contributed by atoms with E-state index in [1.165, 1.54) is 19.1 Å². The third kappa shape index (κ3) is 3.42. The lowest BCUT2D eigenvalue weighted by molar-refractivity contribution is -0.272. The van der Waals surface area contributed by atoms with Gasteiger partial charge in [0.15, 0.2) is 6.29 Å². The highest BCUT2D eigenvalue weighted by atomic mass is 32.2. The molecule has 8 heteroatoms. The smallest absolute Gasteiger partial charge is 0.297 e. The van der Waals surface area contributed by atoms with E-state index in [-0.39, 0.29) is 4.90 Å². The van der Waals surface area contributed by atoms with Gasteiger partial charge in [-0.3, -0.25) is 4.18 Å². The molecule has 1 aliphatic rings. The predicted octanol–water partition coefficient (Wildman–Crippen LogP) is -0.472. The molecule has 3 N–H and O–H groups in total. The summed E-state index contributed by atoms with van der Waals surface area (Å²) in [5.41, 5.74) is 0.891. The molecule has 1 saturated heterocycles. The second-order valence-corrected chi connectivity index (χ2v) is 6.61. The second-order valence-electron chi connectivity index (χ2n) is 5.04. The average Bonchev–Trinajstić information content (AvgIpc) is 2.42. The minimum absolute atomic E-state index is 0.0619. The summed E-state index contributed by atoms with van der Waals surface area (Å²) in [5.74, 6) is 0. The molecule has 21 heavy (non-hydrogen) atoms. The highest BCUT2D eigenvalue weighted by Crippen LogP contribution is 2.26. The molecule has 0 unspecified atom stereocenters. The molecule has 2 rings (SSSR count). The lowest BCUT2D eigenvalue weighted by atomic mass is 10.0. The number of aryl methyl sites for hydroxylation is 1. The van der Waals surface area contributed by atoms with E-state index in [4.69, 9.17) is 8.92 Å². The Hall–Kier alpha value is -1.03. The average molecular weight is 318 g/mol. The first-order chi connectivity index (χ1) is 9.72. The van der Waals surface area contributed by atoms with E-state index in [0.29, 0.717) is 0 Å². The van der Waals surface area contributed by atoms with Gasteiger partial charge in [0.2, 0.25) is 0 Å². The molecule has 7 nitrogen and oxygen atoms in total. The summed E-state index contributed by atoms with van der Waals surface area (Å²) in [6.45, 7) is 3.25. The standard InChI is InChI=1S/C13H18O7S/c1-7-3-5-9(6-4-7)21(17,18)20-12-8(2)19-13(16)11(15)10(12)14/h3-6,8,10-16H,1-2H3/t8-,10-,11-,12-,13-/m1/s1. The lowest BCUT2D eigenvalue weighted by Crippen LogP contribution is -2.57. The number of aliphatic hydroxyl groups is 3. The molecule has 0 amide bonds. The third-order valence-electron chi connectivity index (χ3n) is 3.34. The van der Waals surface area contributed by atoms with Gasteiger partial charge in [0.25, 0.3) is 10.1 Å². The van der Waals surface area contributed by atoms with Crippen molar-refractivity contribution in [1.29, 1.82) is 0 Å². The number of ether oxygens (including phenoxy) is 1. The fourth-order valence-electron chi connectivity index (χ4n) is 2.06. The summed E-state index contributed by atoms with van der Waals surface area (Å²) in [6, 6.07) is 6.01. The molecule has 1 aromatic carbocycles. The number of hydrogen-bond donors (Lipinski definition) is 3. The van der Waals surface area contributed by atoms with Crippen molar-refractivity contribution in [2.75, 3.05) is 0 Å². The summed E-state index contributed by atoms with van der Waals surface area (Å²) in [6.07, 6.45) is -7.02. The Labute approximate surface area is 122 Å². The van der Waals surface area contributed by atoms with Gasteiger partial charge in [-0.25, -0.2) is 0 Å². The molecule has 118 valence electrons. The maximum absolute atomic E-state index is 12.2. The van der Waals surface area contributed by atoms with E-state index in [1.807, 2.05) is 6.92 Å². The summed E-state index contributed by atoms with van der Waals surface area (Å²) in [5, 5.41) is 28.7. The van der Waals surface area contributed by atoms with Crippen molar-refractivity contribution in [1.82, 2.24) is 0 Å². The van der Waals surface area contributed by atoms with E-state index >= 15 is 0 Å². The molecule has 0 spiro atoms. The largest absolute Gasteiger partial charge is 0.387 e. The van der Waals surface area contributed by atoms with Crippen LogP contribution >= 0.6 is 0 Å². The summed E-state index contributed by atoms with van der Waals surface area (Å²) in [4.78, 5) is -0.0619. The summed E-state index contributed by atoms with van der Waals surface area (Å²) >= 11 is 0. The molecule has 1 heterocycles. The Morgan fingerprint density at radius 3 is 2.24 bits per heavy atom. The Balaban J connectivity index is 2.21. The van der Waals surface area contributed by atoms with Crippen molar-refractivity contribution in [3.8, 4) is 0 Å². The zero-order chi connectivity index (χ0) is 15.8. The van der Waals surface area contributed by atoms with Crippen LogP contribution in [0.25, 0.3) is 0 Å². The van der Waals surface area contributed by atoms with Gasteiger partial charge in [0, 0.05) is 0 Å². The monoisotopic (exact) mass is 318 g/mol. The molecular weight excluding hydrogens is 300 g/mol. The molecule has 0 saturated carbocycles. The first-order valence-corrected chi connectivity index (χ1v) is 7.83. The molecule has 0 aromatic heterocycles. The van der Waals surface area contributed by atoms with Crippen LogP contribution in [0.4, 0.5) is 0 Å². The van der Waals surface area contributed by atoms with E-state index < -0.39 is 40.8 Å². The van der Waals surface area contributed by atoms with Crippen LogP contribution in [-0.2, 0) is 19.0 Å². The van der Waals surface area contributed by atoms with E-state index in [1.54, 1.807) is 12.1 Å². The Morgan fingerprint density at radius 1 is 1.10 bits per heavy atom. The fraction of sp³-hybridized carbons (Fsp3) is 0.538. The van der Waals surface area contributed by atoms with Gasteiger partial charge >= 0.3 is 0 Å². The van der Waals surface area contributed by atoms with Crippen LogP contribution in [0.5, 0.6) is 0 Å². The maximum atomic E-state index is 12.2. The Kier molecular flexibility index (Phi) is 4.66. The van der Waals surface area contributed by atoms with Gasteiger partial charge in [-0.1, -0.05) is 17.7 Å². The first-order valence-electron chi connectivity index (χ1n) is 6.42. The minimum Gasteiger partial charge on any atom is -0.387 e. The molecule has 1 aromatic rings. The molecule has 1 aliphatic heterocycles. The predicted molar refractivity (Wildman–Crippen MR) is 71.8 cm³/mol. The van der Waals surface area contributed by atoms with E-state index in [9.17, 15) is 23.7 Å². The van der Waals surface area contributed by atoms with Crippen molar-refractivity contribution in [2.24, 2.45) is 0 Å². The van der Waals surface area contributed by atoms with Crippen LogP contribution < -0.4 is 0 Å². The van der Waals surface area contributed by atoms with Crippen molar-refractivity contribution >= 4 is 10.1 Å². The van der Waals surface area contributed by atoms with Gasteiger partial charge < -0.3 is 20.1 Å². The molecule has 0 bridgehead atoms. The Morgan fingerprint density at radius 2 is 1.67 bits per heavy atom. The highest BCUT2D eigenvalue weighted by Gasteiger charge is 2.45. The summed E-state index contributed by atoms with van der Waals surface area (Å²) in [7, 11) is -4.12. The van der Waals surface area contributed by atoms with E-state index in [0.717, 1.165) is 5.56 Å². The normalized spacial score (nSPS) is 33.9. The second kappa shape index (κ2) is 5.99. The maximum Gasteiger partial charge on any atom is 0.297 e. The number of rotatable bonds is 3. The molecule has 1 fully saturated rings. The number of hydrogen-bond acceptors (Lipinski definition) is 7. The van der Waals surface area contributed by atoms with Crippen LogP contribution in [0.1, 0.15) is 12.5 Å². The SMILES string of the molecule is Cc1ccc(S(=O)(=O)O[C@H]2[C@H](O)[C@@H](O)[C@H](O)O[C@@H]2C)cc1. The van der Waals surface area contributed by atoms with E-state index in [2.05, 4.69) is 0 Å². The number of aliphatic hydroxyl groups excluding tert-OH is 3. The fourth-order valence-corrected chi connectivity index (χ4v) is 3.20. The van der Waals surface area contributed by atoms with Crippen LogP contribution in [0, 0.1) is 6.92 Å². The zero-order valence-corrected chi connectivity index (χ0v) is 12.4. The quantitative estimate of drug-likeness (QED) is 0.646. The molecule has 5 atom stereocenters. The third-order valence-corrected chi connectivity index (χ3v) is 4.67. The zero-order valence-electron chi connectivity index (χ0n) is 11.6. The van der Waals surface area contributed by atoms with Gasteiger partial charge in [-0.15, -0.1) is 0 Å². The molecular formula is C13H18O7S. The lowest BCUT2D eigenvalue weighted by Gasteiger charge is -2.38. The van der Waals surface area contributed by atoms with Gasteiger partial charge in [-0.05, 0) is 26.0 Å². The Bertz CT molecular complexity index is 583. The van der Waals surface area contributed by atoms with Gasteiger partial charge in [0.05, 0.1) is 11.0 Å². The molecule has 0 radical (unpaired) electrons. The molecule has 0 aliphatic carbocycles. The highest BCUT2D eigenvalue weighted by molar-refractivity contribution is 7.86.